The quantitative estimate of drug-likeness (QED) is 0.895. The number of rotatable bonds is 5. The van der Waals surface area contributed by atoms with Crippen molar-refractivity contribution >= 4 is 5.91 Å². The molecule has 20 heavy (non-hydrogen) atoms. The highest BCUT2D eigenvalue weighted by Gasteiger charge is 2.58. The number of aromatic nitrogens is 2. The maximum atomic E-state index is 12.0. The molecule has 2 atom stereocenters. The van der Waals surface area contributed by atoms with Crippen LogP contribution in [0, 0.1) is 12.3 Å². The van der Waals surface area contributed by atoms with Gasteiger partial charge in [-0.25, -0.2) is 0 Å². The Bertz CT molecular complexity index is 495. The highest BCUT2D eigenvalue weighted by molar-refractivity contribution is 5.76. The Morgan fingerprint density at radius 3 is 2.75 bits per heavy atom. The lowest BCUT2D eigenvalue weighted by atomic mass is 9.56. The van der Waals surface area contributed by atoms with Crippen molar-refractivity contribution in [1.82, 2.24) is 15.1 Å². The van der Waals surface area contributed by atoms with E-state index in [1.165, 1.54) is 0 Å². The monoisotopic (exact) mass is 279 g/mol. The van der Waals surface area contributed by atoms with Crippen LogP contribution < -0.4 is 5.32 Å². The predicted molar refractivity (Wildman–Crippen MR) is 77.3 cm³/mol. The Hall–Kier alpha value is -1.36. The van der Waals surface area contributed by atoms with Gasteiger partial charge >= 0.3 is 0 Å². The van der Waals surface area contributed by atoms with Crippen molar-refractivity contribution in [1.29, 1.82) is 0 Å². The van der Waals surface area contributed by atoms with Crippen molar-refractivity contribution in [3.8, 4) is 0 Å². The second-order valence-corrected chi connectivity index (χ2v) is 6.51. The Morgan fingerprint density at radius 2 is 2.25 bits per heavy atom. The Labute approximate surface area is 120 Å². The van der Waals surface area contributed by atoms with Gasteiger partial charge in [-0.2, -0.15) is 5.10 Å². The SMILES string of the molecule is CO[C@]1(C)C[C@H](NC(=O)CCn2cc(C)cn2)C1(C)C. The standard InChI is InChI=1S/C15H25N3O2/c1-11-9-16-18(10-11)7-6-13(19)17-12-8-15(4,20-5)14(12,2)3/h9-10,12H,6-8H2,1-5H3,(H,17,19)/t12-,15+/m0/s1. The summed E-state index contributed by atoms with van der Waals surface area (Å²) in [6, 6.07) is 0.180. The lowest BCUT2D eigenvalue weighted by Gasteiger charge is -2.59. The zero-order valence-corrected chi connectivity index (χ0v) is 13.1. The van der Waals surface area contributed by atoms with E-state index in [9.17, 15) is 4.79 Å². The van der Waals surface area contributed by atoms with Crippen LogP contribution in [0.3, 0.4) is 0 Å². The molecule has 112 valence electrons. The van der Waals surface area contributed by atoms with E-state index in [1.54, 1.807) is 18.0 Å². The molecule has 0 aromatic carbocycles. The normalized spacial score (nSPS) is 27.9. The smallest absolute Gasteiger partial charge is 0.222 e. The summed E-state index contributed by atoms with van der Waals surface area (Å²) in [7, 11) is 1.74. The molecule has 1 aliphatic rings. The Balaban J connectivity index is 1.81. The summed E-state index contributed by atoms with van der Waals surface area (Å²) in [6.45, 7) is 8.99. The van der Waals surface area contributed by atoms with E-state index in [0.29, 0.717) is 13.0 Å². The molecular weight excluding hydrogens is 254 g/mol. The van der Waals surface area contributed by atoms with Gasteiger partial charge in [0.25, 0.3) is 0 Å². The van der Waals surface area contributed by atoms with Crippen LogP contribution in [-0.4, -0.2) is 34.4 Å². The molecule has 0 aliphatic heterocycles. The molecule has 2 rings (SSSR count). The van der Waals surface area contributed by atoms with Crippen LogP contribution in [0.1, 0.15) is 39.2 Å². The number of methoxy groups -OCH3 is 1. The first kappa shape index (κ1) is 15.0. The zero-order valence-electron chi connectivity index (χ0n) is 13.1. The average molecular weight is 279 g/mol. The fourth-order valence-electron chi connectivity index (χ4n) is 2.79. The van der Waals surface area contributed by atoms with Gasteiger partial charge in [0.05, 0.1) is 11.8 Å². The number of nitrogens with one attached hydrogen (secondary N) is 1. The zero-order chi connectivity index (χ0) is 15.0. The Morgan fingerprint density at radius 1 is 1.55 bits per heavy atom. The summed E-state index contributed by atoms with van der Waals surface area (Å²) in [4.78, 5) is 12.0. The molecule has 0 saturated heterocycles. The molecule has 1 amide bonds. The number of amides is 1. The van der Waals surface area contributed by atoms with Gasteiger partial charge in [0, 0.05) is 37.7 Å². The third-order valence-corrected chi connectivity index (χ3v) is 4.94. The van der Waals surface area contributed by atoms with Gasteiger partial charge in [-0.3, -0.25) is 9.48 Å². The molecule has 0 radical (unpaired) electrons. The van der Waals surface area contributed by atoms with E-state index in [-0.39, 0.29) is 23.0 Å². The van der Waals surface area contributed by atoms with Gasteiger partial charge in [0.15, 0.2) is 0 Å². The average Bonchev–Trinajstić information content (AvgIpc) is 2.81. The first-order valence-corrected chi connectivity index (χ1v) is 7.12. The van der Waals surface area contributed by atoms with Crippen molar-refractivity contribution in [2.24, 2.45) is 5.41 Å². The van der Waals surface area contributed by atoms with Crippen LogP contribution >= 0.6 is 0 Å². The van der Waals surface area contributed by atoms with E-state index in [0.717, 1.165) is 12.0 Å². The number of aryl methyl sites for hydroxylation is 2. The molecule has 5 heteroatoms. The number of ether oxygens (including phenoxy) is 1. The minimum absolute atomic E-state index is 0.0420. The van der Waals surface area contributed by atoms with Gasteiger partial charge in [-0.1, -0.05) is 13.8 Å². The van der Waals surface area contributed by atoms with Gasteiger partial charge < -0.3 is 10.1 Å². The molecule has 1 N–H and O–H groups in total. The van der Waals surface area contributed by atoms with Gasteiger partial charge in [-0.05, 0) is 25.8 Å². The molecule has 1 heterocycles. The fourth-order valence-corrected chi connectivity index (χ4v) is 2.79. The molecule has 1 aromatic heterocycles. The largest absolute Gasteiger partial charge is 0.378 e. The minimum Gasteiger partial charge on any atom is -0.378 e. The predicted octanol–water partition coefficient (Wildman–Crippen LogP) is 1.90. The summed E-state index contributed by atoms with van der Waals surface area (Å²) in [6.07, 6.45) is 5.07. The maximum absolute atomic E-state index is 12.0. The Kier molecular flexibility index (Phi) is 3.91. The lowest BCUT2D eigenvalue weighted by molar-refractivity contribution is -0.182. The third-order valence-electron chi connectivity index (χ3n) is 4.94. The first-order valence-electron chi connectivity index (χ1n) is 7.12. The van der Waals surface area contributed by atoms with Crippen LogP contribution in [0.2, 0.25) is 0 Å². The summed E-state index contributed by atoms with van der Waals surface area (Å²) in [5, 5.41) is 7.30. The highest BCUT2D eigenvalue weighted by atomic mass is 16.5. The molecular formula is C15H25N3O2. The van der Waals surface area contributed by atoms with Crippen molar-refractivity contribution in [2.45, 2.75) is 58.7 Å². The van der Waals surface area contributed by atoms with E-state index < -0.39 is 0 Å². The molecule has 0 bridgehead atoms. The van der Waals surface area contributed by atoms with Crippen LogP contribution in [0.4, 0.5) is 0 Å². The van der Waals surface area contributed by atoms with E-state index in [1.807, 2.05) is 13.1 Å². The summed E-state index contributed by atoms with van der Waals surface area (Å²) in [5.41, 5.74) is 0.922. The number of hydrogen-bond donors (Lipinski definition) is 1. The van der Waals surface area contributed by atoms with Crippen LogP contribution in [0.25, 0.3) is 0 Å². The van der Waals surface area contributed by atoms with E-state index >= 15 is 0 Å². The van der Waals surface area contributed by atoms with Gasteiger partial charge in [0.1, 0.15) is 0 Å². The first-order chi connectivity index (χ1) is 9.28. The number of hydrogen-bond acceptors (Lipinski definition) is 3. The minimum atomic E-state index is -0.149. The van der Waals surface area contributed by atoms with Crippen molar-refractivity contribution in [3.05, 3.63) is 18.0 Å². The second kappa shape index (κ2) is 5.20. The number of carbonyl (C=O) groups excluding carboxylic acids is 1. The molecule has 1 aliphatic carbocycles. The number of carbonyl (C=O) groups is 1. The van der Waals surface area contributed by atoms with Gasteiger partial charge in [-0.15, -0.1) is 0 Å². The summed E-state index contributed by atoms with van der Waals surface area (Å²) >= 11 is 0. The fraction of sp³-hybridized carbons (Fsp3) is 0.733. The third kappa shape index (κ3) is 2.59. The molecule has 0 spiro atoms. The molecule has 0 unspecified atom stereocenters. The highest BCUT2D eigenvalue weighted by Crippen LogP contribution is 2.51. The van der Waals surface area contributed by atoms with Crippen molar-refractivity contribution in [3.63, 3.8) is 0 Å². The second-order valence-electron chi connectivity index (χ2n) is 6.51. The van der Waals surface area contributed by atoms with Crippen molar-refractivity contribution < 1.29 is 9.53 Å². The van der Waals surface area contributed by atoms with Gasteiger partial charge in [0.2, 0.25) is 5.91 Å². The summed E-state index contributed by atoms with van der Waals surface area (Å²) in [5.74, 6) is 0.0781. The maximum Gasteiger partial charge on any atom is 0.222 e. The van der Waals surface area contributed by atoms with E-state index in [2.05, 4.69) is 31.2 Å². The summed E-state index contributed by atoms with van der Waals surface area (Å²) < 4.78 is 7.37. The topological polar surface area (TPSA) is 56.1 Å². The van der Waals surface area contributed by atoms with Crippen LogP contribution in [0.15, 0.2) is 12.4 Å². The molecule has 1 aromatic rings. The lowest BCUT2D eigenvalue weighted by Crippen LogP contribution is -2.68. The molecule has 1 fully saturated rings. The molecule has 1 saturated carbocycles. The van der Waals surface area contributed by atoms with E-state index in [4.69, 9.17) is 4.74 Å². The van der Waals surface area contributed by atoms with Crippen LogP contribution in [-0.2, 0) is 16.1 Å². The van der Waals surface area contributed by atoms with Crippen LogP contribution in [0.5, 0.6) is 0 Å². The van der Waals surface area contributed by atoms with Crippen molar-refractivity contribution in [2.75, 3.05) is 7.11 Å². The molecule has 5 nitrogen and oxygen atoms in total. The number of nitrogens with zero attached hydrogens (tertiary/aromatic N) is 2.